The number of fused-ring (bicyclic) bond motifs is 1. The molecule has 2 nitrogen and oxygen atoms in total. The highest BCUT2D eigenvalue weighted by atomic mass is 19.1. The van der Waals surface area contributed by atoms with Crippen LogP contribution >= 0.6 is 0 Å². The van der Waals surface area contributed by atoms with Crippen molar-refractivity contribution in [1.29, 1.82) is 0 Å². The molecule has 108 valence electrons. The van der Waals surface area contributed by atoms with Gasteiger partial charge in [-0.3, -0.25) is 4.90 Å². The van der Waals surface area contributed by atoms with E-state index in [1.165, 1.54) is 6.07 Å². The molecule has 1 aliphatic heterocycles. The number of nitrogens with zero attached hydrogens (tertiary/aromatic N) is 2. The summed E-state index contributed by atoms with van der Waals surface area (Å²) in [5.41, 5.74) is 2.65. The molecular formula is C18H19FN2. The zero-order valence-corrected chi connectivity index (χ0v) is 12.6. The molecule has 3 heteroatoms. The molecule has 0 atom stereocenters. The van der Waals surface area contributed by atoms with Gasteiger partial charge < -0.3 is 0 Å². The predicted molar refractivity (Wildman–Crippen MR) is 88.5 cm³/mol. The lowest BCUT2D eigenvalue weighted by atomic mass is 10.1. The van der Waals surface area contributed by atoms with Gasteiger partial charge in [0.2, 0.25) is 0 Å². The highest BCUT2D eigenvalue weighted by Gasteiger charge is 2.24. The van der Waals surface area contributed by atoms with E-state index in [1.54, 1.807) is 12.1 Å². The number of hydrogen-bond donors (Lipinski definition) is 0. The van der Waals surface area contributed by atoms with Crippen LogP contribution < -0.4 is 4.90 Å². The quantitative estimate of drug-likeness (QED) is 0.684. The van der Waals surface area contributed by atoms with Crippen LogP contribution in [0.2, 0.25) is 0 Å². The number of para-hydroxylation sites is 1. The van der Waals surface area contributed by atoms with Crippen molar-refractivity contribution in [2.45, 2.75) is 20.8 Å². The smallest absolute Gasteiger partial charge is 0.134 e. The molecule has 0 amide bonds. The molecule has 0 bridgehead atoms. The highest BCUT2D eigenvalue weighted by Crippen LogP contribution is 2.37. The monoisotopic (exact) mass is 282 g/mol. The third-order valence-electron chi connectivity index (χ3n) is 3.17. The molecule has 1 aliphatic rings. The summed E-state index contributed by atoms with van der Waals surface area (Å²) in [4.78, 5) is 6.32. The van der Waals surface area contributed by atoms with Crippen LogP contribution in [0, 0.1) is 5.82 Å². The van der Waals surface area contributed by atoms with Crippen molar-refractivity contribution in [3.63, 3.8) is 0 Å². The minimum absolute atomic E-state index is 0.292. The van der Waals surface area contributed by atoms with Crippen LogP contribution in [0.5, 0.6) is 0 Å². The van der Waals surface area contributed by atoms with E-state index in [-0.39, 0.29) is 5.82 Å². The summed E-state index contributed by atoms with van der Waals surface area (Å²) in [5.74, 6) is 0.494. The van der Waals surface area contributed by atoms with Crippen molar-refractivity contribution in [2.24, 2.45) is 4.99 Å². The largest absolute Gasteiger partial charge is 0.299 e. The van der Waals surface area contributed by atoms with Gasteiger partial charge in [-0.15, -0.1) is 0 Å². The fraction of sp³-hybridized carbons (Fsp3) is 0.167. The van der Waals surface area contributed by atoms with Gasteiger partial charge in [0, 0.05) is 5.69 Å². The van der Waals surface area contributed by atoms with Crippen molar-refractivity contribution >= 4 is 22.9 Å². The van der Waals surface area contributed by atoms with Gasteiger partial charge in [-0.2, -0.15) is 0 Å². The second-order valence-corrected chi connectivity index (χ2v) is 4.41. The SMILES string of the molecule is C=C1c2c(F)cccc2N=C(C)N1c1ccccc1.CC. The Morgan fingerprint density at radius 1 is 1.00 bits per heavy atom. The zero-order chi connectivity index (χ0) is 15.4. The molecule has 2 aromatic carbocycles. The van der Waals surface area contributed by atoms with Crippen molar-refractivity contribution in [2.75, 3.05) is 4.90 Å². The van der Waals surface area contributed by atoms with E-state index >= 15 is 0 Å². The normalized spacial score (nSPS) is 13.0. The second kappa shape index (κ2) is 6.35. The first-order valence-electron chi connectivity index (χ1n) is 7.07. The van der Waals surface area contributed by atoms with Gasteiger partial charge in [-0.25, -0.2) is 9.38 Å². The summed E-state index contributed by atoms with van der Waals surface area (Å²) in [6.45, 7) is 9.92. The Balaban J connectivity index is 0.000000774. The molecule has 3 rings (SSSR count). The third kappa shape index (κ3) is 2.72. The van der Waals surface area contributed by atoms with Crippen LogP contribution in [0.15, 0.2) is 60.1 Å². The maximum absolute atomic E-state index is 14.0. The van der Waals surface area contributed by atoms with Crippen LogP contribution in [0.3, 0.4) is 0 Å². The van der Waals surface area contributed by atoms with Crippen molar-refractivity contribution < 1.29 is 4.39 Å². The Bertz CT molecular complexity index is 675. The van der Waals surface area contributed by atoms with E-state index < -0.39 is 0 Å². The molecular weight excluding hydrogens is 263 g/mol. The minimum Gasteiger partial charge on any atom is -0.299 e. The van der Waals surface area contributed by atoms with Crippen LogP contribution in [0.25, 0.3) is 5.70 Å². The Kier molecular flexibility index (Phi) is 4.53. The fourth-order valence-corrected chi connectivity index (χ4v) is 2.34. The molecule has 0 aromatic heterocycles. The Morgan fingerprint density at radius 2 is 1.67 bits per heavy atom. The van der Waals surface area contributed by atoms with Crippen molar-refractivity contribution in [1.82, 2.24) is 0 Å². The summed E-state index contributed by atoms with van der Waals surface area (Å²) in [7, 11) is 0. The minimum atomic E-state index is -0.292. The lowest BCUT2D eigenvalue weighted by Crippen LogP contribution is -2.29. The number of anilines is 1. The molecule has 0 spiro atoms. The summed E-state index contributed by atoms with van der Waals surface area (Å²) < 4.78 is 14.0. The fourth-order valence-electron chi connectivity index (χ4n) is 2.34. The van der Waals surface area contributed by atoms with Crippen molar-refractivity contribution in [3.05, 3.63) is 66.5 Å². The average molecular weight is 282 g/mol. The summed E-state index contributed by atoms with van der Waals surface area (Å²) >= 11 is 0. The number of aliphatic imine (C=N–C) groups is 1. The molecule has 0 saturated heterocycles. The lowest BCUT2D eigenvalue weighted by Gasteiger charge is -2.31. The number of rotatable bonds is 1. The Labute approximate surface area is 125 Å². The summed E-state index contributed by atoms with van der Waals surface area (Å²) in [6, 6.07) is 14.6. The maximum atomic E-state index is 14.0. The number of halogens is 1. The van der Waals surface area contributed by atoms with E-state index in [9.17, 15) is 4.39 Å². The third-order valence-corrected chi connectivity index (χ3v) is 3.17. The van der Waals surface area contributed by atoms with Gasteiger partial charge in [0.25, 0.3) is 0 Å². The molecule has 0 radical (unpaired) electrons. The second-order valence-electron chi connectivity index (χ2n) is 4.41. The molecule has 0 aliphatic carbocycles. The highest BCUT2D eigenvalue weighted by molar-refractivity contribution is 6.12. The first kappa shape index (κ1) is 15.0. The van der Waals surface area contributed by atoms with E-state index in [1.807, 2.05) is 56.0 Å². The molecule has 0 unspecified atom stereocenters. The van der Waals surface area contributed by atoms with E-state index in [2.05, 4.69) is 11.6 Å². The number of amidine groups is 1. The van der Waals surface area contributed by atoms with Gasteiger partial charge in [0.15, 0.2) is 0 Å². The lowest BCUT2D eigenvalue weighted by molar-refractivity contribution is 0.623. The van der Waals surface area contributed by atoms with Gasteiger partial charge in [-0.05, 0) is 31.2 Å². The Hall–Kier alpha value is -2.42. The molecule has 21 heavy (non-hydrogen) atoms. The number of hydrogen-bond acceptors (Lipinski definition) is 2. The zero-order valence-electron chi connectivity index (χ0n) is 12.6. The van der Waals surface area contributed by atoms with Crippen LogP contribution in [-0.2, 0) is 0 Å². The van der Waals surface area contributed by atoms with Gasteiger partial charge in [0.05, 0.1) is 16.9 Å². The Morgan fingerprint density at radius 3 is 2.33 bits per heavy atom. The van der Waals surface area contributed by atoms with Gasteiger partial charge in [-0.1, -0.05) is 44.7 Å². The predicted octanol–water partition coefficient (Wildman–Crippen LogP) is 5.39. The molecule has 0 N–H and O–H groups in total. The first-order chi connectivity index (χ1) is 10.2. The van der Waals surface area contributed by atoms with Gasteiger partial charge in [0.1, 0.15) is 11.7 Å². The van der Waals surface area contributed by atoms with Crippen LogP contribution in [-0.4, -0.2) is 5.84 Å². The van der Waals surface area contributed by atoms with Crippen molar-refractivity contribution in [3.8, 4) is 0 Å². The van der Waals surface area contributed by atoms with Gasteiger partial charge >= 0.3 is 0 Å². The molecule has 2 aromatic rings. The van der Waals surface area contributed by atoms with Crippen LogP contribution in [0.1, 0.15) is 26.3 Å². The molecule has 0 fully saturated rings. The average Bonchev–Trinajstić information content (AvgIpc) is 2.50. The van der Waals surface area contributed by atoms with E-state index in [0.717, 1.165) is 11.5 Å². The summed E-state index contributed by atoms with van der Waals surface area (Å²) in [5, 5.41) is 0. The van der Waals surface area contributed by atoms with E-state index in [4.69, 9.17) is 0 Å². The maximum Gasteiger partial charge on any atom is 0.134 e. The molecule has 1 heterocycles. The molecule has 0 saturated carbocycles. The summed E-state index contributed by atoms with van der Waals surface area (Å²) in [6.07, 6.45) is 0. The van der Waals surface area contributed by atoms with E-state index in [0.29, 0.717) is 16.9 Å². The standard InChI is InChI=1S/C16H13FN2.C2H6/c1-11-16-14(17)9-6-10-15(16)18-12(2)19(11)13-7-4-3-5-8-13;1-2/h3-10H,1H2,2H3;1-2H3. The number of benzene rings is 2. The van der Waals surface area contributed by atoms with Crippen LogP contribution in [0.4, 0.5) is 15.8 Å². The topological polar surface area (TPSA) is 15.6 Å². The first-order valence-corrected chi connectivity index (χ1v) is 7.07.